The molecule has 1 amide bonds. The number of ether oxygens (including phenoxy) is 1. The van der Waals surface area contributed by atoms with E-state index in [2.05, 4.69) is 10.1 Å². The van der Waals surface area contributed by atoms with E-state index < -0.39 is 6.36 Å². The minimum absolute atomic E-state index is 0.143. The molecule has 1 heterocycles. The Morgan fingerprint density at radius 1 is 1.33 bits per heavy atom. The van der Waals surface area contributed by atoms with Crippen LogP contribution in [-0.2, 0) is 0 Å². The van der Waals surface area contributed by atoms with Crippen molar-refractivity contribution < 1.29 is 22.7 Å². The molecule has 0 atom stereocenters. The number of nitrogens with one attached hydrogen (secondary N) is 1. The first-order valence-electron chi connectivity index (χ1n) is 6.78. The minimum Gasteiger partial charge on any atom is -0.406 e. The van der Waals surface area contributed by atoms with Crippen molar-refractivity contribution in [3.63, 3.8) is 0 Å². The second-order valence-corrected chi connectivity index (χ2v) is 5.43. The Bertz CT molecular complexity index is 555. The molecule has 0 radical (unpaired) electrons. The van der Waals surface area contributed by atoms with E-state index in [1.54, 1.807) is 4.90 Å². The van der Waals surface area contributed by atoms with Crippen molar-refractivity contribution in [2.75, 3.05) is 19.6 Å². The molecule has 0 aromatic heterocycles. The molecule has 1 aromatic rings. The zero-order chi connectivity index (χ0) is 15.1. The van der Waals surface area contributed by atoms with Gasteiger partial charge in [-0.15, -0.1) is 13.2 Å². The van der Waals surface area contributed by atoms with Gasteiger partial charge >= 0.3 is 6.36 Å². The van der Waals surface area contributed by atoms with Gasteiger partial charge in [-0.2, -0.15) is 0 Å². The molecule has 1 saturated carbocycles. The predicted octanol–water partition coefficient (Wildman–Crippen LogP) is 2.16. The number of benzene rings is 1. The lowest BCUT2D eigenvalue weighted by Crippen LogP contribution is -2.55. The highest BCUT2D eigenvalue weighted by molar-refractivity contribution is 5.95. The Balaban J connectivity index is 1.80. The summed E-state index contributed by atoms with van der Waals surface area (Å²) in [6.45, 7) is 2.02. The lowest BCUT2D eigenvalue weighted by molar-refractivity contribution is -0.274. The van der Waals surface area contributed by atoms with Crippen molar-refractivity contribution in [2.45, 2.75) is 24.7 Å². The summed E-state index contributed by atoms with van der Waals surface area (Å²) in [4.78, 5) is 14.3. The maximum Gasteiger partial charge on any atom is 0.573 e. The smallest absolute Gasteiger partial charge is 0.406 e. The van der Waals surface area contributed by atoms with Crippen LogP contribution in [0, 0.1) is 0 Å². The molecule has 21 heavy (non-hydrogen) atoms. The zero-order valence-electron chi connectivity index (χ0n) is 11.2. The molecular weight excluding hydrogens is 285 g/mol. The van der Waals surface area contributed by atoms with Gasteiger partial charge in [0.15, 0.2) is 0 Å². The number of hydrogen-bond acceptors (Lipinski definition) is 3. The van der Waals surface area contributed by atoms with Crippen molar-refractivity contribution in [3.8, 4) is 5.75 Å². The molecular formula is C14H15F3N2O2. The van der Waals surface area contributed by atoms with E-state index in [-0.39, 0.29) is 22.8 Å². The van der Waals surface area contributed by atoms with Crippen LogP contribution in [0.2, 0.25) is 0 Å². The average molecular weight is 300 g/mol. The van der Waals surface area contributed by atoms with Crippen LogP contribution >= 0.6 is 0 Å². The number of piperazine rings is 1. The highest BCUT2D eigenvalue weighted by Gasteiger charge is 2.51. The Morgan fingerprint density at radius 2 is 2.10 bits per heavy atom. The van der Waals surface area contributed by atoms with Gasteiger partial charge in [0.2, 0.25) is 0 Å². The number of alkyl halides is 3. The minimum atomic E-state index is -4.76. The monoisotopic (exact) mass is 300 g/mol. The molecule has 4 nitrogen and oxygen atoms in total. The van der Waals surface area contributed by atoms with E-state index in [1.165, 1.54) is 18.2 Å². The third-order valence-corrected chi connectivity index (χ3v) is 3.93. The number of nitrogens with zero attached hydrogens (tertiary/aromatic N) is 1. The Morgan fingerprint density at radius 3 is 2.76 bits per heavy atom. The lowest BCUT2D eigenvalue weighted by atomic mass is 10.1. The average Bonchev–Trinajstić information content (AvgIpc) is 3.17. The standard InChI is InChI=1S/C14H15F3N2O2/c15-14(16,17)21-11-3-1-2-10(8-11)12(20)19-7-6-18-9-13(19)4-5-13/h1-3,8,18H,4-7,9H2. The van der Waals surface area contributed by atoms with Crippen molar-refractivity contribution in [1.82, 2.24) is 10.2 Å². The quantitative estimate of drug-likeness (QED) is 0.910. The highest BCUT2D eigenvalue weighted by atomic mass is 19.4. The van der Waals surface area contributed by atoms with Crippen LogP contribution in [0.4, 0.5) is 13.2 Å². The van der Waals surface area contributed by atoms with Crippen molar-refractivity contribution in [1.29, 1.82) is 0 Å². The highest BCUT2D eigenvalue weighted by Crippen LogP contribution is 2.43. The third kappa shape index (κ3) is 2.97. The Kier molecular flexibility index (Phi) is 3.32. The second kappa shape index (κ2) is 4.91. The molecule has 2 aliphatic rings. The summed E-state index contributed by atoms with van der Waals surface area (Å²) in [5, 5.41) is 3.25. The topological polar surface area (TPSA) is 41.6 Å². The van der Waals surface area contributed by atoms with Crippen LogP contribution in [0.25, 0.3) is 0 Å². The Hall–Kier alpha value is -1.76. The molecule has 1 spiro atoms. The summed E-state index contributed by atoms with van der Waals surface area (Å²) in [6.07, 6.45) is -2.89. The predicted molar refractivity (Wildman–Crippen MR) is 69.0 cm³/mol. The summed E-state index contributed by atoms with van der Waals surface area (Å²) in [5.74, 6) is -0.602. The fraction of sp³-hybridized carbons (Fsp3) is 0.500. The van der Waals surface area contributed by atoms with Gasteiger partial charge in [-0.05, 0) is 31.0 Å². The zero-order valence-corrected chi connectivity index (χ0v) is 11.2. The van der Waals surface area contributed by atoms with E-state index in [0.717, 1.165) is 25.5 Å². The van der Waals surface area contributed by atoms with E-state index in [9.17, 15) is 18.0 Å². The maximum absolute atomic E-state index is 12.5. The van der Waals surface area contributed by atoms with Crippen LogP contribution in [0.1, 0.15) is 23.2 Å². The molecule has 7 heteroatoms. The molecule has 1 aliphatic carbocycles. The second-order valence-electron chi connectivity index (χ2n) is 5.43. The van der Waals surface area contributed by atoms with Crippen LogP contribution in [0.3, 0.4) is 0 Å². The SMILES string of the molecule is O=C(c1cccc(OC(F)(F)F)c1)N1CCNCC12CC2. The van der Waals surface area contributed by atoms with Gasteiger partial charge in [0.05, 0.1) is 5.54 Å². The van der Waals surface area contributed by atoms with Gasteiger partial charge in [0.1, 0.15) is 5.75 Å². The molecule has 1 N–H and O–H groups in total. The summed E-state index contributed by atoms with van der Waals surface area (Å²) < 4.78 is 40.6. The summed E-state index contributed by atoms with van der Waals surface area (Å²) in [5.41, 5.74) is 0.0841. The molecule has 114 valence electrons. The van der Waals surface area contributed by atoms with Gasteiger partial charge in [-0.3, -0.25) is 4.79 Å². The van der Waals surface area contributed by atoms with Crippen molar-refractivity contribution in [3.05, 3.63) is 29.8 Å². The van der Waals surface area contributed by atoms with Gasteiger partial charge in [-0.25, -0.2) is 0 Å². The molecule has 1 saturated heterocycles. The molecule has 3 rings (SSSR count). The normalized spacial score (nSPS) is 20.4. The fourth-order valence-electron chi connectivity index (χ4n) is 2.73. The lowest BCUT2D eigenvalue weighted by Gasteiger charge is -2.37. The number of amides is 1. The Labute approximate surface area is 119 Å². The first-order valence-corrected chi connectivity index (χ1v) is 6.78. The number of halogens is 3. The van der Waals surface area contributed by atoms with Gasteiger partial charge in [-0.1, -0.05) is 6.07 Å². The van der Waals surface area contributed by atoms with Gasteiger partial charge in [0.25, 0.3) is 5.91 Å². The van der Waals surface area contributed by atoms with E-state index >= 15 is 0 Å². The number of carbonyl (C=O) groups is 1. The van der Waals surface area contributed by atoms with Crippen molar-refractivity contribution in [2.24, 2.45) is 0 Å². The van der Waals surface area contributed by atoms with Crippen LogP contribution < -0.4 is 10.1 Å². The van der Waals surface area contributed by atoms with E-state index in [1.807, 2.05) is 0 Å². The van der Waals surface area contributed by atoms with E-state index in [0.29, 0.717) is 13.1 Å². The molecule has 2 fully saturated rings. The van der Waals surface area contributed by atoms with Gasteiger partial charge < -0.3 is 15.0 Å². The first kappa shape index (κ1) is 14.2. The molecule has 1 aromatic carbocycles. The van der Waals surface area contributed by atoms with E-state index in [4.69, 9.17) is 0 Å². The molecule has 0 unspecified atom stereocenters. The number of hydrogen-bond donors (Lipinski definition) is 1. The number of rotatable bonds is 2. The van der Waals surface area contributed by atoms with Crippen LogP contribution in [-0.4, -0.2) is 42.3 Å². The maximum atomic E-state index is 12.5. The summed E-state index contributed by atoms with van der Waals surface area (Å²) >= 11 is 0. The molecule has 1 aliphatic heterocycles. The fourth-order valence-corrected chi connectivity index (χ4v) is 2.73. The summed E-state index contributed by atoms with van der Waals surface area (Å²) in [7, 11) is 0. The molecule has 0 bridgehead atoms. The van der Waals surface area contributed by atoms with Gasteiger partial charge in [0, 0.05) is 25.2 Å². The van der Waals surface area contributed by atoms with Crippen LogP contribution in [0.5, 0.6) is 5.75 Å². The first-order chi connectivity index (χ1) is 9.90. The largest absolute Gasteiger partial charge is 0.573 e. The number of carbonyl (C=O) groups excluding carboxylic acids is 1. The summed E-state index contributed by atoms with van der Waals surface area (Å²) in [6, 6.07) is 5.25. The van der Waals surface area contributed by atoms with Crippen molar-refractivity contribution >= 4 is 5.91 Å². The third-order valence-electron chi connectivity index (χ3n) is 3.93. The van der Waals surface area contributed by atoms with Crippen LogP contribution in [0.15, 0.2) is 24.3 Å².